The van der Waals surface area contributed by atoms with Crippen LogP contribution in [0.15, 0.2) is 28.8 Å². The van der Waals surface area contributed by atoms with Gasteiger partial charge in [0.25, 0.3) is 5.91 Å². The molecule has 2 rings (SSSR count). The molecule has 1 amide bonds. The zero-order valence-corrected chi connectivity index (χ0v) is 10.9. The van der Waals surface area contributed by atoms with Crippen LogP contribution in [0.1, 0.15) is 16.1 Å². The summed E-state index contributed by atoms with van der Waals surface area (Å²) in [5.74, 6) is -1.99. The Morgan fingerprint density at radius 2 is 2.19 bits per heavy atom. The van der Waals surface area contributed by atoms with E-state index in [1.807, 2.05) is 0 Å². The second kappa shape index (κ2) is 6.04. The zero-order valence-electron chi connectivity index (χ0n) is 10.9. The Hall–Kier alpha value is -2.90. The molecule has 1 aromatic carbocycles. The van der Waals surface area contributed by atoms with E-state index in [4.69, 9.17) is 14.4 Å². The second-order valence-electron chi connectivity index (χ2n) is 4.11. The largest absolute Gasteiger partial charge is 0.484 e. The molecule has 0 spiro atoms. The SMILES string of the molecule is Cc1cc(NC(=O)COc2ccc(C(=O)O)c(F)c2)no1. The summed E-state index contributed by atoms with van der Waals surface area (Å²) in [6, 6.07) is 4.75. The molecular formula is C13H11FN2O5. The predicted molar refractivity (Wildman–Crippen MR) is 68.7 cm³/mol. The molecule has 1 aromatic heterocycles. The summed E-state index contributed by atoms with van der Waals surface area (Å²) in [5.41, 5.74) is -0.468. The van der Waals surface area contributed by atoms with Crippen molar-refractivity contribution in [2.75, 3.05) is 11.9 Å². The number of hydrogen-bond acceptors (Lipinski definition) is 5. The molecule has 21 heavy (non-hydrogen) atoms. The lowest BCUT2D eigenvalue weighted by Crippen LogP contribution is -2.20. The first kappa shape index (κ1) is 14.5. The first-order valence-corrected chi connectivity index (χ1v) is 5.84. The number of carbonyl (C=O) groups is 2. The summed E-state index contributed by atoms with van der Waals surface area (Å²) in [7, 11) is 0. The molecule has 0 saturated carbocycles. The number of ether oxygens (including phenoxy) is 1. The van der Waals surface area contributed by atoms with Crippen LogP contribution in [0.2, 0.25) is 0 Å². The Kier molecular flexibility index (Phi) is 4.17. The van der Waals surface area contributed by atoms with Crippen LogP contribution in [0, 0.1) is 12.7 Å². The zero-order chi connectivity index (χ0) is 15.4. The third-order valence-corrected chi connectivity index (χ3v) is 2.44. The van der Waals surface area contributed by atoms with E-state index < -0.39 is 23.3 Å². The van der Waals surface area contributed by atoms with Crippen molar-refractivity contribution >= 4 is 17.7 Å². The molecule has 2 N–H and O–H groups in total. The van der Waals surface area contributed by atoms with Crippen LogP contribution >= 0.6 is 0 Å². The Labute approximate surface area is 118 Å². The van der Waals surface area contributed by atoms with E-state index in [9.17, 15) is 14.0 Å². The first-order chi connectivity index (χ1) is 9.95. The van der Waals surface area contributed by atoms with Crippen molar-refractivity contribution in [2.45, 2.75) is 6.92 Å². The number of aromatic carboxylic acids is 1. The number of aromatic nitrogens is 1. The topological polar surface area (TPSA) is 102 Å². The molecule has 0 aliphatic carbocycles. The maximum absolute atomic E-state index is 13.4. The Morgan fingerprint density at radius 1 is 1.43 bits per heavy atom. The first-order valence-electron chi connectivity index (χ1n) is 5.84. The third-order valence-electron chi connectivity index (χ3n) is 2.44. The van der Waals surface area contributed by atoms with Gasteiger partial charge in [-0.05, 0) is 19.1 Å². The van der Waals surface area contributed by atoms with Crippen molar-refractivity contribution < 1.29 is 28.3 Å². The average molecular weight is 294 g/mol. The number of carboxylic acids is 1. The monoisotopic (exact) mass is 294 g/mol. The lowest BCUT2D eigenvalue weighted by atomic mass is 10.2. The number of amides is 1. The summed E-state index contributed by atoms with van der Waals surface area (Å²) in [6.45, 7) is 1.30. The van der Waals surface area contributed by atoms with Crippen LogP contribution in [0.4, 0.5) is 10.2 Å². The highest BCUT2D eigenvalue weighted by Gasteiger charge is 2.12. The molecule has 0 aliphatic heterocycles. The third kappa shape index (κ3) is 3.78. The molecule has 110 valence electrons. The minimum Gasteiger partial charge on any atom is -0.484 e. The normalized spacial score (nSPS) is 10.2. The lowest BCUT2D eigenvalue weighted by Gasteiger charge is -2.06. The highest BCUT2D eigenvalue weighted by molar-refractivity contribution is 5.91. The quantitative estimate of drug-likeness (QED) is 0.872. The highest BCUT2D eigenvalue weighted by Crippen LogP contribution is 2.16. The number of halogens is 1. The van der Waals surface area contributed by atoms with Crippen molar-refractivity contribution in [1.82, 2.24) is 5.16 Å². The summed E-state index contributed by atoms with van der Waals surface area (Å²) in [5, 5.41) is 14.7. The number of nitrogens with one attached hydrogen (secondary N) is 1. The number of anilines is 1. The fourth-order valence-electron chi connectivity index (χ4n) is 1.51. The van der Waals surface area contributed by atoms with Crippen molar-refractivity contribution in [3.05, 3.63) is 41.4 Å². The maximum Gasteiger partial charge on any atom is 0.338 e. The van der Waals surface area contributed by atoms with Gasteiger partial charge in [-0.25, -0.2) is 9.18 Å². The van der Waals surface area contributed by atoms with E-state index in [1.54, 1.807) is 6.92 Å². The number of carboxylic acid groups (broad SMARTS) is 1. The summed E-state index contributed by atoms with van der Waals surface area (Å²) in [4.78, 5) is 22.2. The Bertz CT molecular complexity index is 683. The molecule has 0 unspecified atom stereocenters. The molecule has 0 saturated heterocycles. The van der Waals surface area contributed by atoms with E-state index >= 15 is 0 Å². The van der Waals surface area contributed by atoms with Gasteiger partial charge < -0.3 is 19.7 Å². The molecule has 0 fully saturated rings. The number of nitrogens with zero attached hydrogens (tertiary/aromatic N) is 1. The van der Waals surface area contributed by atoms with Gasteiger partial charge in [-0.2, -0.15) is 0 Å². The lowest BCUT2D eigenvalue weighted by molar-refractivity contribution is -0.118. The van der Waals surface area contributed by atoms with Crippen LogP contribution in [0.3, 0.4) is 0 Å². The van der Waals surface area contributed by atoms with E-state index in [0.717, 1.165) is 12.1 Å². The van der Waals surface area contributed by atoms with E-state index in [0.29, 0.717) is 5.76 Å². The molecule has 7 nitrogen and oxygen atoms in total. The number of hydrogen-bond donors (Lipinski definition) is 2. The highest BCUT2D eigenvalue weighted by atomic mass is 19.1. The van der Waals surface area contributed by atoms with Crippen LogP contribution in [-0.4, -0.2) is 28.7 Å². The number of aryl methyl sites for hydroxylation is 1. The van der Waals surface area contributed by atoms with Gasteiger partial charge in [-0.1, -0.05) is 5.16 Å². The van der Waals surface area contributed by atoms with Gasteiger partial charge >= 0.3 is 5.97 Å². The van der Waals surface area contributed by atoms with E-state index in [2.05, 4.69) is 10.5 Å². The second-order valence-corrected chi connectivity index (χ2v) is 4.11. The fourth-order valence-corrected chi connectivity index (χ4v) is 1.51. The smallest absolute Gasteiger partial charge is 0.338 e. The van der Waals surface area contributed by atoms with Gasteiger partial charge in [0.15, 0.2) is 12.4 Å². The van der Waals surface area contributed by atoms with Gasteiger partial charge in [0.05, 0.1) is 5.56 Å². The van der Waals surface area contributed by atoms with Crippen LogP contribution in [-0.2, 0) is 4.79 Å². The molecule has 2 aromatic rings. The molecule has 0 aliphatic rings. The minimum absolute atomic E-state index is 0.0454. The Balaban J connectivity index is 1.92. The van der Waals surface area contributed by atoms with Crippen molar-refractivity contribution in [3.63, 3.8) is 0 Å². The summed E-state index contributed by atoms with van der Waals surface area (Å²) < 4.78 is 23.2. The van der Waals surface area contributed by atoms with Gasteiger partial charge in [-0.15, -0.1) is 0 Å². The minimum atomic E-state index is -1.38. The standard InChI is InChI=1S/C13H11FN2O5/c1-7-4-11(16-21-7)15-12(17)6-20-8-2-3-9(13(18)19)10(14)5-8/h2-5H,6H2,1H3,(H,18,19)(H,15,16,17). The molecule has 1 heterocycles. The summed E-state index contributed by atoms with van der Waals surface area (Å²) in [6.07, 6.45) is 0. The van der Waals surface area contributed by atoms with E-state index in [-0.39, 0.29) is 18.2 Å². The summed E-state index contributed by atoms with van der Waals surface area (Å²) >= 11 is 0. The van der Waals surface area contributed by atoms with Crippen LogP contribution in [0.25, 0.3) is 0 Å². The molecule has 0 bridgehead atoms. The molecule has 8 heteroatoms. The fraction of sp³-hybridized carbons (Fsp3) is 0.154. The average Bonchev–Trinajstić information content (AvgIpc) is 2.81. The van der Waals surface area contributed by atoms with Gasteiger partial charge in [0.1, 0.15) is 17.3 Å². The van der Waals surface area contributed by atoms with Gasteiger partial charge in [0.2, 0.25) is 0 Å². The number of rotatable bonds is 5. The predicted octanol–water partition coefficient (Wildman–Crippen LogP) is 1.84. The van der Waals surface area contributed by atoms with Crippen molar-refractivity contribution in [2.24, 2.45) is 0 Å². The van der Waals surface area contributed by atoms with Crippen LogP contribution in [0.5, 0.6) is 5.75 Å². The van der Waals surface area contributed by atoms with Crippen LogP contribution < -0.4 is 10.1 Å². The molecule has 0 atom stereocenters. The van der Waals surface area contributed by atoms with E-state index in [1.165, 1.54) is 12.1 Å². The van der Waals surface area contributed by atoms with Gasteiger partial charge in [-0.3, -0.25) is 4.79 Å². The van der Waals surface area contributed by atoms with Gasteiger partial charge in [0, 0.05) is 12.1 Å². The van der Waals surface area contributed by atoms with Crippen molar-refractivity contribution in [3.8, 4) is 5.75 Å². The number of carbonyl (C=O) groups excluding carboxylic acids is 1. The van der Waals surface area contributed by atoms with Crippen molar-refractivity contribution in [1.29, 1.82) is 0 Å². The Morgan fingerprint density at radius 3 is 2.76 bits per heavy atom. The number of benzene rings is 1. The molecular weight excluding hydrogens is 283 g/mol. The molecule has 0 radical (unpaired) electrons. The maximum atomic E-state index is 13.4.